The molecule has 10 nitrogen and oxygen atoms in total. The Labute approximate surface area is 257 Å². The minimum Gasteiger partial charge on any atom is -0.491 e. The van der Waals surface area contributed by atoms with Gasteiger partial charge in [0.2, 0.25) is 17.7 Å². The topological polar surface area (TPSA) is 137 Å². The first kappa shape index (κ1) is 32.2. The van der Waals surface area contributed by atoms with Gasteiger partial charge in [-0.3, -0.25) is 19.2 Å². The first-order valence-corrected chi connectivity index (χ1v) is 14.9. The molecule has 0 aromatic heterocycles. The number of rotatable bonds is 8. The predicted octanol–water partition coefficient (Wildman–Crippen LogP) is 2.25. The lowest BCUT2D eigenvalue weighted by Crippen LogP contribution is -2.54. The zero-order valence-corrected chi connectivity index (χ0v) is 24.9. The molecule has 0 fully saturated rings. The number of aliphatic hydroxyl groups excluding tert-OH is 1. The van der Waals surface area contributed by atoms with E-state index in [1.807, 2.05) is 60.7 Å². The molecule has 232 valence electrons. The van der Waals surface area contributed by atoms with Crippen LogP contribution in [-0.4, -0.2) is 78.6 Å². The molecule has 0 radical (unpaired) electrons. The molecule has 0 unspecified atom stereocenters. The maximum absolute atomic E-state index is 13.5. The number of fused-ring (bicyclic) bond motifs is 1. The fourth-order valence-corrected chi connectivity index (χ4v) is 5.09. The van der Waals surface area contributed by atoms with Gasteiger partial charge in [0.05, 0.1) is 18.2 Å². The van der Waals surface area contributed by atoms with E-state index in [4.69, 9.17) is 4.74 Å². The van der Waals surface area contributed by atoms with Crippen LogP contribution in [-0.2, 0) is 27.2 Å². The van der Waals surface area contributed by atoms with Crippen molar-refractivity contribution in [2.45, 2.75) is 50.2 Å². The van der Waals surface area contributed by atoms with Crippen LogP contribution in [0.3, 0.4) is 0 Å². The van der Waals surface area contributed by atoms with Gasteiger partial charge in [0.1, 0.15) is 24.4 Å². The van der Waals surface area contributed by atoms with Gasteiger partial charge in [-0.15, -0.1) is 0 Å². The summed E-state index contributed by atoms with van der Waals surface area (Å²) in [7, 11) is 1.60. The monoisotopic (exact) mass is 600 g/mol. The number of amides is 4. The Hall–Kier alpha value is -4.70. The van der Waals surface area contributed by atoms with Gasteiger partial charge in [-0.1, -0.05) is 72.8 Å². The first-order chi connectivity index (χ1) is 21.4. The molecule has 1 heterocycles. The predicted molar refractivity (Wildman–Crippen MR) is 166 cm³/mol. The van der Waals surface area contributed by atoms with Crippen molar-refractivity contribution in [1.29, 1.82) is 0 Å². The van der Waals surface area contributed by atoms with Crippen LogP contribution in [0.1, 0.15) is 40.7 Å². The second-order valence-electron chi connectivity index (χ2n) is 10.8. The lowest BCUT2D eigenvalue weighted by molar-refractivity contribution is -0.138. The van der Waals surface area contributed by atoms with Gasteiger partial charge in [-0.05, 0) is 48.9 Å². The molecule has 0 aliphatic carbocycles. The second-order valence-corrected chi connectivity index (χ2v) is 10.8. The van der Waals surface area contributed by atoms with Crippen LogP contribution in [0, 0.1) is 0 Å². The molecule has 10 heteroatoms. The number of nitrogens with one attached hydrogen (secondary N) is 3. The van der Waals surface area contributed by atoms with Crippen LogP contribution < -0.4 is 20.7 Å². The molecular formula is C34H40N4O6. The number of aryl methyl sites for hydroxylation is 1. The molecule has 3 aromatic rings. The zero-order chi connectivity index (χ0) is 31.3. The maximum atomic E-state index is 13.5. The van der Waals surface area contributed by atoms with E-state index in [0.717, 1.165) is 17.5 Å². The zero-order valence-electron chi connectivity index (χ0n) is 24.9. The molecular weight excluding hydrogens is 560 g/mol. The fourth-order valence-electron chi connectivity index (χ4n) is 5.09. The Morgan fingerprint density at radius 1 is 0.932 bits per heavy atom. The summed E-state index contributed by atoms with van der Waals surface area (Å²) < 4.78 is 6.14. The van der Waals surface area contributed by atoms with E-state index in [1.165, 1.54) is 4.90 Å². The van der Waals surface area contributed by atoms with E-state index in [0.29, 0.717) is 25.1 Å². The van der Waals surface area contributed by atoms with Gasteiger partial charge in [0, 0.05) is 20.0 Å². The smallest absolute Gasteiger partial charge is 0.255 e. The average molecular weight is 601 g/mol. The van der Waals surface area contributed by atoms with Crippen molar-refractivity contribution < 1.29 is 29.0 Å². The van der Waals surface area contributed by atoms with Crippen molar-refractivity contribution in [2.75, 3.05) is 26.8 Å². The lowest BCUT2D eigenvalue weighted by Gasteiger charge is -2.31. The summed E-state index contributed by atoms with van der Waals surface area (Å²) >= 11 is 0. The SMILES string of the molecule is CN1C(=O)[C@H](CO)NC(=O)CC[C@@H](C(=O)NCCCc2ccccc2)NC(=O)c2ccccc2OC[C@H]1Cc1ccccc1. The number of aliphatic hydroxyl groups is 1. The Kier molecular flexibility index (Phi) is 11.9. The van der Waals surface area contributed by atoms with Gasteiger partial charge in [0.25, 0.3) is 5.91 Å². The Bertz CT molecular complexity index is 1400. The van der Waals surface area contributed by atoms with Crippen LogP contribution >= 0.6 is 0 Å². The van der Waals surface area contributed by atoms with E-state index >= 15 is 0 Å². The minimum atomic E-state index is -1.18. The van der Waals surface area contributed by atoms with Crippen molar-refractivity contribution in [3.63, 3.8) is 0 Å². The third-order valence-electron chi connectivity index (χ3n) is 7.65. The minimum absolute atomic E-state index is 0.00999. The van der Waals surface area contributed by atoms with E-state index < -0.39 is 48.4 Å². The Balaban J connectivity index is 1.54. The standard InChI is InChI=1S/C34H40N4O6/c1-38-26(21-25-13-6-3-7-14-25)23-44-30-17-9-8-16-27(30)32(41)37-28(18-19-31(40)36-29(22-39)34(38)43)33(42)35-20-10-15-24-11-4-2-5-12-24/h2-9,11-14,16-17,26,28-29,39H,10,15,18-23H2,1H3,(H,35,42)(H,36,40)(H,37,41)/t26-,28+,29+/m1/s1. The molecule has 0 bridgehead atoms. The fraction of sp³-hybridized carbons (Fsp3) is 0.353. The molecule has 44 heavy (non-hydrogen) atoms. The second kappa shape index (κ2) is 16.2. The number of hydrogen-bond acceptors (Lipinski definition) is 6. The maximum Gasteiger partial charge on any atom is 0.255 e. The summed E-state index contributed by atoms with van der Waals surface area (Å²) in [5, 5.41) is 18.3. The van der Waals surface area contributed by atoms with Crippen LogP contribution in [0.15, 0.2) is 84.9 Å². The van der Waals surface area contributed by atoms with Gasteiger partial charge in [-0.2, -0.15) is 0 Å². The van der Waals surface area contributed by atoms with Crippen molar-refractivity contribution in [1.82, 2.24) is 20.9 Å². The van der Waals surface area contributed by atoms with Crippen LogP contribution in [0.2, 0.25) is 0 Å². The quantitative estimate of drug-likeness (QED) is 0.293. The average Bonchev–Trinajstić information content (AvgIpc) is 3.05. The summed E-state index contributed by atoms with van der Waals surface area (Å²) in [6.07, 6.45) is 1.76. The summed E-state index contributed by atoms with van der Waals surface area (Å²) in [4.78, 5) is 54.5. The molecule has 0 spiro atoms. The summed E-state index contributed by atoms with van der Waals surface area (Å²) in [5.41, 5.74) is 2.35. The number of para-hydroxylation sites is 1. The molecule has 4 N–H and O–H groups in total. The lowest BCUT2D eigenvalue weighted by atomic mass is 10.0. The van der Waals surface area contributed by atoms with Crippen LogP contribution in [0.4, 0.5) is 0 Å². The van der Waals surface area contributed by atoms with E-state index in [9.17, 15) is 24.3 Å². The van der Waals surface area contributed by atoms with E-state index in [2.05, 4.69) is 16.0 Å². The molecule has 1 aliphatic heterocycles. The van der Waals surface area contributed by atoms with Crippen molar-refractivity contribution in [3.8, 4) is 5.75 Å². The molecule has 4 amide bonds. The molecule has 0 saturated carbocycles. The summed E-state index contributed by atoms with van der Waals surface area (Å²) in [6, 6.07) is 23.5. The largest absolute Gasteiger partial charge is 0.491 e. The van der Waals surface area contributed by atoms with Gasteiger partial charge < -0.3 is 30.7 Å². The highest BCUT2D eigenvalue weighted by atomic mass is 16.5. The Morgan fingerprint density at radius 2 is 1.59 bits per heavy atom. The summed E-state index contributed by atoms with van der Waals surface area (Å²) in [5.74, 6) is -1.63. The van der Waals surface area contributed by atoms with Gasteiger partial charge in [0.15, 0.2) is 0 Å². The molecule has 0 saturated heterocycles. The number of likely N-dealkylation sites (N-methyl/N-ethyl adjacent to an activating group) is 1. The van der Waals surface area contributed by atoms with Gasteiger partial charge >= 0.3 is 0 Å². The Morgan fingerprint density at radius 3 is 2.30 bits per heavy atom. The molecule has 1 aliphatic rings. The van der Waals surface area contributed by atoms with Crippen molar-refractivity contribution >= 4 is 23.6 Å². The number of benzene rings is 3. The van der Waals surface area contributed by atoms with Crippen molar-refractivity contribution in [3.05, 3.63) is 102 Å². The number of carbonyl (C=O) groups excluding carboxylic acids is 4. The number of hydrogen-bond donors (Lipinski definition) is 4. The molecule has 3 atom stereocenters. The normalized spacial score (nSPS) is 19.8. The van der Waals surface area contributed by atoms with E-state index in [1.54, 1.807) is 31.3 Å². The molecule has 3 aromatic carbocycles. The third kappa shape index (κ3) is 9.15. The highest BCUT2D eigenvalue weighted by molar-refractivity contribution is 5.99. The van der Waals surface area contributed by atoms with Crippen molar-refractivity contribution in [2.24, 2.45) is 0 Å². The third-order valence-corrected chi connectivity index (χ3v) is 7.65. The summed E-state index contributed by atoms with van der Waals surface area (Å²) in [6.45, 7) is -0.167. The van der Waals surface area contributed by atoms with Crippen LogP contribution in [0.25, 0.3) is 0 Å². The number of carbonyl (C=O) groups is 4. The van der Waals surface area contributed by atoms with E-state index in [-0.39, 0.29) is 25.0 Å². The van der Waals surface area contributed by atoms with Gasteiger partial charge in [-0.25, -0.2) is 0 Å². The molecule has 4 rings (SSSR count). The number of ether oxygens (including phenoxy) is 1. The number of nitrogens with zero attached hydrogens (tertiary/aromatic N) is 1. The van der Waals surface area contributed by atoms with Crippen LogP contribution in [0.5, 0.6) is 5.75 Å². The first-order valence-electron chi connectivity index (χ1n) is 14.9. The highest BCUT2D eigenvalue weighted by Gasteiger charge is 2.30. The highest BCUT2D eigenvalue weighted by Crippen LogP contribution is 2.20.